The number of likely N-dealkylation sites (N-methyl/N-ethyl adjacent to an activating group) is 1. The highest BCUT2D eigenvalue weighted by molar-refractivity contribution is 5.97. The summed E-state index contributed by atoms with van der Waals surface area (Å²) in [7, 11) is 1.77. The molecule has 3 rings (SSSR count). The van der Waals surface area contributed by atoms with Crippen molar-refractivity contribution in [2.45, 2.75) is 12.3 Å². The largest absolute Gasteiger partial charge is 0.493 e. The van der Waals surface area contributed by atoms with Crippen molar-refractivity contribution in [3.05, 3.63) is 54.2 Å². The Bertz CT molecular complexity index is 613. The van der Waals surface area contributed by atoms with E-state index in [-0.39, 0.29) is 11.8 Å². The van der Waals surface area contributed by atoms with Gasteiger partial charge in [0, 0.05) is 18.8 Å². The summed E-state index contributed by atoms with van der Waals surface area (Å²) in [5.74, 6) is 1.37. The minimum absolute atomic E-state index is 0.0550. The Hall–Kier alpha value is -2.36. The van der Waals surface area contributed by atoms with Crippen LogP contribution in [-0.2, 0) is 4.79 Å². The molecule has 0 saturated heterocycles. The van der Waals surface area contributed by atoms with Crippen LogP contribution >= 0.6 is 0 Å². The van der Waals surface area contributed by atoms with Gasteiger partial charge >= 0.3 is 0 Å². The van der Waals surface area contributed by atoms with E-state index in [1.54, 1.807) is 18.1 Å². The predicted octanol–water partition coefficient (Wildman–Crippen LogP) is 2.61. The van der Waals surface area contributed by atoms with Gasteiger partial charge in [0.05, 0.1) is 12.5 Å². The maximum atomic E-state index is 12.7. The number of aromatic nitrogens is 1. The third-order valence-corrected chi connectivity index (χ3v) is 3.58. The smallest absolute Gasteiger partial charge is 0.235 e. The molecule has 2 aromatic rings. The van der Waals surface area contributed by atoms with E-state index in [1.165, 1.54) is 0 Å². The van der Waals surface area contributed by atoms with Crippen molar-refractivity contribution in [2.24, 2.45) is 0 Å². The van der Waals surface area contributed by atoms with Gasteiger partial charge in [0.2, 0.25) is 5.91 Å². The van der Waals surface area contributed by atoms with Crippen LogP contribution in [0.1, 0.15) is 17.9 Å². The van der Waals surface area contributed by atoms with Crippen molar-refractivity contribution in [3.8, 4) is 5.75 Å². The van der Waals surface area contributed by atoms with E-state index in [2.05, 4.69) is 4.98 Å². The van der Waals surface area contributed by atoms with Crippen molar-refractivity contribution in [3.63, 3.8) is 0 Å². The van der Waals surface area contributed by atoms with Crippen molar-refractivity contribution in [2.75, 3.05) is 18.6 Å². The molecule has 4 heteroatoms. The summed E-state index contributed by atoms with van der Waals surface area (Å²) in [6.07, 6.45) is 2.39. The Morgan fingerprint density at radius 2 is 2.05 bits per heavy atom. The minimum Gasteiger partial charge on any atom is -0.493 e. The Labute approximate surface area is 118 Å². The topological polar surface area (TPSA) is 42.4 Å². The number of ether oxygens (including phenoxy) is 1. The van der Waals surface area contributed by atoms with Crippen molar-refractivity contribution < 1.29 is 9.53 Å². The number of carbonyl (C=O) groups excluding carboxylic acids is 1. The number of rotatable bonds is 2. The second-order valence-electron chi connectivity index (χ2n) is 4.81. The lowest BCUT2D eigenvalue weighted by atomic mass is 9.92. The molecule has 4 nitrogen and oxygen atoms in total. The fraction of sp³-hybridized carbons (Fsp3) is 0.250. The molecule has 20 heavy (non-hydrogen) atoms. The molecule has 1 aromatic heterocycles. The highest BCUT2D eigenvalue weighted by Crippen LogP contribution is 2.34. The number of amides is 1. The average molecular weight is 268 g/mol. The van der Waals surface area contributed by atoms with E-state index >= 15 is 0 Å². The van der Waals surface area contributed by atoms with Gasteiger partial charge in [-0.25, -0.2) is 4.98 Å². The van der Waals surface area contributed by atoms with Crippen LogP contribution < -0.4 is 9.64 Å². The number of nitrogens with zero attached hydrogens (tertiary/aromatic N) is 2. The summed E-state index contributed by atoms with van der Waals surface area (Å²) in [5.41, 5.74) is 0.964. The summed E-state index contributed by atoms with van der Waals surface area (Å²) >= 11 is 0. The SMILES string of the molecule is CN(C(=O)C1CCOc2ccccc21)c1ccccn1. The number of fused-ring (bicyclic) bond motifs is 1. The third kappa shape index (κ3) is 2.25. The van der Waals surface area contributed by atoms with E-state index < -0.39 is 0 Å². The molecule has 102 valence electrons. The molecule has 0 fully saturated rings. The van der Waals surface area contributed by atoms with Gasteiger partial charge in [0.1, 0.15) is 11.6 Å². The molecule has 0 bridgehead atoms. The van der Waals surface area contributed by atoms with Gasteiger partial charge in [-0.3, -0.25) is 9.69 Å². The number of anilines is 1. The van der Waals surface area contributed by atoms with Crippen molar-refractivity contribution in [1.82, 2.24) is 4.98 Å². The molecule has 1 aliphatic rings. The van der Waals surface area contributed by atoms with Gasteiger partial charge < -0.3 is 4.74 Å². The van der Waals surface area contributed by atoms with Gasteiger partial charge in [-0.1, -0.05) is 24.3 Å². The standard InChI is InChI=1S/C16H16N2O2/c1-18(15-8-4-5-10-17-15)16(19)13-9-11-20-14-7-3-2-6-12(13)14/h2-8,10,13H,9,11H2,1H3. The summed E-state index contributed by atoms with van der Waals surface area (Å²) in [6, 6.07) is 13.3. The van der Waals surface area contributed by atoms with Gasteiger partial charge in [0.15, 0.2) is 0 Å². The molecule has 1 amide bonds. The molecular weight excluding hydrogens is 252 g/mol. The van der Waals surface area contributed by atoms with Crippen LogP contribution in [0.5, 0.6) is 5.75 Å². The Balaban J connectivity index is 1.89. The first-order valence-corrected chi connectivity index (χ1v) is 6.67. The molecule has 2 heterocycles. The van der Waals surface area contributed by atoms with Gasteiger partial charge in [0.25, 0.3) is 0 Å². The molecule has 0 saturated carbocycles. The normalized spacial score (nSPS) is 16.9. The molecule has 1 aliphatic heterocycles. The predicted molar refractivity (Wildman–Crippen MR) is 76.9 cm³/mol. The quantitative estimate of drug-likeness (QED) is 0.840. The van der Waals surface area contributed by atoms with E-state index in [9.17, 15) is 4.79 Å². The molecule has 1 atom stereocenters. The van der Waals surface area contributed by atoms with E-state index in [0.717, 1.165) is 11.3 Å². The summed E-state index contributed by atoms with van der Waals surface area (Å²) in [4.78, 5) is 18.5. The van der Waals surface area contributed by atoms with Gasteiger partial charge in [-0.15, -0.1) is 0 Å². The van der Waals surface area contributed by atoms with Crippen molar-refractivity contribution in [1.29, 1.82) is 0 Å². The van der Waals surface area contributed by atoms with Crippen molar-refractivity contribution >= 4 is 11.7 Å². The lowest BCUT2D eigenvalue weighted by molar-refractivity contribution is -0.120. The molecule has 0 radical (unpaired) electrons. The highest BCUT2D eigenvalue weighted by Gasteiger charge is 2.30. The molecule has 1 unspecified atom stereocenters. The first-order chi connectivity index (χ1) is 9.77. The summed E-state index contributed by atoms with van der Waals surface area (Å²) in [6.45, 7) is 0.573. The fourth-order valence-corrected chi connectivity index (χ4v) is 2.50. The minimum atomic E-state index is -0.160. The Morgan fingerprint density at radius 1 is 1.25 bits per heavy atom. The number of benzene rings is 1. The second kappa shape index (κ2) is 5.33. The Morgan fingerprint density at radius 3 is 2.85 bits per heavy atom. The maximum absolute atomic E-state index is 12.7. The number of para-hydroxylation sites is 1. The fourth-order valence-electron chi connectivity index (χ4n) is 2.50. The molecule has 0 spiro atoms. The summed E-state index contributed by atoms with van der Waals surface area (Å²) in [5, 5.41) is 0. The highest BCUT2D eigenvalue weighted by atomic mass is 16.5. The number of hydrogen-bond donors (Lipinski definition) is 0. The zero-order valence-corrected chi connectivity index (χ0v) is 11.3. The molecule has 0 N–H and O–H groups in total. The third-order valence-electron chi connectivity index (χ3n) is 3.58. The zero-order chi connectivity index (χ0) is 13.9. The van der Waals surface area contributed by atoms with Crippen LogP contribution in [0.4, 0.5) is 5.82 Å². The van der Waals surface area contributed by atoms with E-state index in [0.29, 0.717) is 18.8 Å². The van der Waals surface area contributed by atoms with Gasteiger partial charge in [-0.2, -0.15) is 0 Å². The molecule has 0 aliphatic carbocycles. The molecular formula is C16H16N2O2. The Kier molecular flexibility index (Phi) is 3.37. The van der Waals surface area contributed by atoms with E-state index in [1.807, 2.05) is 42.5 Å². The van der Waals surface area contributed by atoms with Gasteiger partial charge in [-0.05, 0) is 24.6 Å². The number of hydrogen-bond acceptors (Lipinski definition) is 3. The summed E-state index contributed by atoms with van der Waals surface area (Å²) < 4.78 is 5.60. The van der Waals surface area contributed by atoms with Crippen LogP contribution in [0, 0.1) is 0 Å². The second-order valence-corrected chi connectivity index (χ2v) is 4.81. The number of carbonyl (C=O) groups is 1. The van der Waals surface area contributed by atoms with Crippen LogP contribution in [0.3, 0.4) is 0 Å². The first-order valence-electron chi connectivity index (χ1n) is 6.67. The maximum Gasteiger partial charge on any atom is 0.235 e. The zero-order valence-electron chi connectivity index (χ0n) is 11.3. The van der Waals surface area contributed by atoms with Crippen LogP contribution in [0.25, 0.3) is 0 Å². The number of pyridine rings is 1. The monoisotopic (exact) mass is 268 g/mol. The lowest BCUT2D eigenvalue weighted by Crippen LogP contribution is -2.34. The molecule has 1 aromatic carbocycles. The first kappa shape index (κ1) is 12.7. The van der Waals surface area contributed by atoms with Crippen LogP contribution in [-0.4, -0.2) is 24.5 Å². The van der Waals surface area contributed by atoms with Crippen LogP contribution in [0.15, 0.2) is 48.7 Å². The van der Waals surface area contributed by atoms with E-state index in [4.69, 9.17) is 4.74 Å². The lowest BCUT2D eigenvalue weighted by Gasteiger charge is -2.28. The average Bonchev–Trinajstić information content (AvgIpc) is 2.54. The van der Waals surface area contributed by atoms with Crippen LogP contribution in [0.2, 0.25) is 0 Å².